The average molecular weight is 355 g/mol. The zero-order valence-corrected chi connectivity index (χ0v) is 15.2. The third kappa shape index (κ3) is 3.67. The van der Waals surface area contributed by atoms with Crippen LogP contribution in [0.5, 0.6) is 5.75 Å². The molecule has 6 nitrogen and oxygen atoms in total. The van der Waals surface area contributed by atoms with E-state index in [1.165, 1.54) is 0 Å². The normalized spacial score (nSPS) is 21.9. The van der Waals surface area contributed by atoms with E-state index in [0.717, 1.165) is 19.3 Å². The van der Waals surface area contributed by atoms with Crippen LogP contribution in [0.4, 0.5) is 5.69 Å². The molecule has 138 valence electrons. The second-order valence-corrected chi connectivity index (χ2v) is 7.05. The van der Waals surface area contributed by atoms with Gasteiger partial charge in [-0.15, -0.1) is 0 Å². The number of nitrogens with one attached hydrogen (secondary N) is 1. The van der Waals surface area contributed by atoms with E-state index in [1.54, 1.807) is 4.90 Å². The maximum absolute atomic E-state index is 12.7. The van der Waals surface area contributed by atoms with Crippen LogP contribution >= 0.6 is 0 Å². The summed E-state index contributed by atoms with van der Waals surface area (Å²) in [5.74, 6) is -0.0836. The third-order valence-electron chi connectivity index (χ3n) is 5.24. The third-order valence-corrected chi connectivity index (χ3v) is 5.24. The minimum absolute atomic E-state index is 0.0908. The Hall–Kier alpha value is -2.55. The molecular weight excluding hydrogens is 330 g/mol. The molecule has 1 atom stereocenters. The Balaban J connectivity index is 1.71. The van der Waals surface area contributed by atoms with E-state index in [0.29, 0.717) is 37.4 Å². The molecule has 2 amide bonds. The molecule has 1 aliphatic heterocycles. The highest BCUT2D eigenvalue weighted by Gasteiger charge is 2.40. The molecular formula is C20H25N3O3. The van der Waals surface area contributed by atoms with Crippen molar-refractivity contribution in [2.45, 2.75) is 51.0 Å². The summed E-state index contributed by atoms with van der Waals surface area (Å²) in [5.41, 5.74) is -0.0722. The van der Waals surface area contributed by atoms with Crippen LogP contribution in [0.15, 0.2) is 24.3 Å². The van der Waals surface area contributed by atoms with Crippen LogP contribution in [0.2, 0.25) is 0 Å². The van der Waals surface area contributed by atoms with Crippen LogP contribution in [0, 0.1) is 17.2 Å². The van der Waals surface area contributed by atoms with Gasteiger partial charge in [-0.25, -0.2) is 0 Å². The zero-order chi connectivity index (χ0) is 18.6. The number of carbonyl (C=O) groups excluding carboxylic acids is 2. The van der Waals surface area contributed by atoms with Crippen LogP contribution in [-0.2, 0) is 9.59 Å². The van der Waals surface area contributed by atoms with Crippen molar-refractivity contribution in [2.75, 3.05) is 18.1 Å². The molecule has 1 aromatic rings. The number of benzene rings is 1. The van der Waals surface area contributed by atoms with Gasteiger partial charge in [0.15, 0.2) is 0 Å². The minimum Gasteiger partial charge on any atom is -0.492 e. The van der Waals surface area contributed by atoms with Crippen molar-refractivity contribution in [3.05, 3.63) is 24.3 Å². The number of anilines is 1. The molecule has 1 aliphatic carbocycles. The number of amides is 2. The lowest BCUT2D eigenvalue weighted by molar-refractivity contribution is -0.127. The van der Waals surface area contributed by atoms with Crippen LogP contribution in [0.3, 0.4) is 0 Å². The lowest BCUT2D eigenvalue weighted by Crippen LogP contribution is -2.51. The molecule has 0 radical (unpaired) electrons. The van der Waals surface area contributed by atoms with Gasteiger partial charge in [-0.05, 0) is 31.9 Å². The topological polar surface area (TPSA) is 82.4 Å². The van der Waals surface area contributed by atoms with Gasteiger partial charge in [0.1, 0.15) is 11.3 Å². The van der Waals surface area contributed by atoms with Crippen LogP contribution < -0.4 is 15.0 Å². The minimum atomic E-state index is -0.769. The largest absolute Gasteiger partial charge is 0.492 e. The second kappa shape index (κ2) is 7.77. The van der Waals surface area contributed by atoms with E-state index in [4.69, 9.17) is 4.74 Å². The predicted molar refractivity (Wildman–Crippen MR) is 97.6 cm³/mol. The molecule has 1 unspecified atom stereocenters. The predicted octanol–water partition coefficient (Wildman–Crippen LogP) is 2.78. The summed E-state index contributed by atoms with van der Waals surface area (Å²) >= 11 is 0. The van der Waals surface area contributed by atoms with Crippen molar-refractivity contribution in [1.29, 1.82) is 5.26 Å². The molecule has 2 aliphatic rings. The Kier molecular flexibility index (Phi) is 5.46. The van der Waals surface area contributed by atoms with Gasteiger partial charge in [-0.3, -0.25) is 9.59 Å². The fourth-order valence-corrected chi connectivity index (χ4v) is 3.83. The van der Waals surface area contributed by atoms with Gasteiger partial charge in [0.05, 0.1) is 24.3 Å². The molecule has 1 saturated carbocycles. The SMILES string of the molecule is CCOc1ccccc1N1CC(C(=O)NC2(C#N)CCCCC2)CC1=O. The van der Waals surface area contributed by atoms with Crippen molar-refractivity contribution in [3.63, 3.8) is 0 Å². The molecule has 1 N–H and O–H groups in total. The number of hydrogen-bond acceptors (Lipinski definition) is 4. The van der Waals surface area contributed by atoms with E-state index in [1.807, 2.05) is 31.2 Å². The maximum atomic E-state index is 12.7. The summed E-state index contributed by atoms with van der Waals surface area (Å²) in [6, 6.07) is 9.67. The summed E-state index contributed by atoms with van der Waals surface area (Å²) in [4.78, 5) is 26.9. The number of nitrogens with zero attached hydrogens (tertiary/aromatic N) is 2. The first kappa shape index (κ1) is 18.2. The fraction of sp³-hybridized carbons (Fsp3) is 0.550. The van der Waals surface area contributed by atoms with Crippen LogP contribution in [0.25, 0.3) is 0 Å². The summed E-state index contributed by atoms with van der Waals surface area (Å²) in [6.07, 6.45) is 4.53. The van der Waals surface area contributed by atoms with E-state index in [2.05, 4.69) is 11.4 Å². The van der Waals surface area contributed by atoms with Gasteiger partial charge in [0.2, 0.25) is 11.8 Å². The van der Waals surface area contributed by atoms with E-state index < -0.39 is 11.5 Å². The van der Waals surface area contributed by atoms with Crippen molar-refractivity contribution in [3.8, 4) is 11.8 Å². The quantitative estimate of drug-likeness (QED) is 0.880. The van der Waals surface area contributed by atoms with Crippen molar-refractivity contribution in [2.24, 2.45) is 5.92 Å². The van der Waals surface area contributed by atoms with Crippen molar-refractivity contribution in [1.82, 2.24) is 5.32 Å². The monoisotopic (exact) mass is 355 g/mol. The van der Waals surface area contributed by atoms with Gasteiger partial charge in [-0.2, -0.15) is 5.26 Å². The Morgan fingerprint density at radius 1 is 1.35 bits per heavy atom. The van der Waals surface area contributed by atoms with Gasteiger partial charge in [0.25, 0.3) is 0 Å². The van der Waals surface area contributed by atoms with E-state index in [9.17, 15) is 14.9 Å². The molecule has 6 heteroatoms. The molecule has 1 saturated heterocycles. The molecule has 1 aromatic carbocycles. The number of nitriles is 1. The first-order chi connectivity index (χ1) is 12.6. The standard InChI is InChI=1S/C20H25N3O3/c1-2-26-17-9-5-4-8-16(17)23-13-15(12-18(23)24)19(25)22-20(14-21)10-6-3-7-11-20/h4-5,8-9,15H,2-3,6-7,10-13H2,1H3,(H,22,25). The second-order valence-electron chi connectivity index (χ2n) is 7.05. The van der Waals surface area contributed by atoms with Crippen LogP contribution in [-0.4, -0.2) is 30.5 Å². The van der Waals surface area contributed by atoms with Gasteiger partial charge >= 0.3 is 0 Å². The van der Waals surface area contributed by atoms with Gasteiger partial charge in [-0.1, -0.05) is 31.4 Å². The fourth-order valence-electron chi connectivity index (χ4n) is 3.83. The lowest BCUT2D eigenvalue weighted by Gasteiger charge is -2.32. The molecule has 1 heterocycles. The summed E-state index contributed by atoms with van der Waals surface area (Å²) < 4.78 is 5.61. The highest BCUT2D eigenvalue weighted by Crippen LogP contribution is 2.34. The highest BCUT2D eigenvalue weighted by molar-refractivity contribution is 6.01. The first-order valence-corrected chi connectivity index (χ1v) is 9.34. The summed E-state index contributed by atoms with van der Waals surface area (Å²) in [7, 11) is 0. The number of ether oxygens (including phenoxy) is 1. The smallest absolute Gasteiger partial charge is 0.227 e. The Morgan fingerprint density at radius 3 is 2.77 bits per heavy atom. The number of para-hydroxylation sites is 2. The molecule has 0 spiro atoms. The number of rotatable bonds is 5. The lowest BCUT2D eigenvalue weighted by atomic mass is 9.82. The first-order valence-electron chi connectivity index (χ1n) is 9.34. The average Bonchev–Trinajstić information content (AvgIpc) is 3.05. The number of carbonyl (C=O) groups is 2. The Morgan fingerprint density at radius 2 is 2.08 bits per heavy atom. The molecule has 2 fully saturated rings. The van der Waals surface area contributed by atoms with E-state index >= 15 is 0 Å². The number of hydrogen-bond donors (Lipinski definition) is 1. The van der Waals surface area contributed by atoms with Gasteiger partial charge < -0.3 is 15.0 Å². The zero-order valence-electron chi connectivity index (χ0n) is 15.2. The van der Waals surface area contributed by atoms with E-state index in [-0.39, 0.29) is 18.2 Å². The van der Waals surface area contributed by atoms with Crippen LogP contribution in [0.1, 0.15) is 45.4 Å². The molecule has 0 bridgehead atoms. The van der Waals surface area contributed by atoms with Gasteiger partial charge in [0, 0.05) is 13.0 Å². The molecule has 26 heavy (non-hydrogen) atoms. The molecule has 0 aromatic heterocycles. The maximum Gasteiger partial charge on any atom is 0.227 e. The Labute approximate surface area is 154 Å². The highest BCUT2D eigenvalue weighted by atomic mass is 16.5. The molecule has 3 rings (SSSR count). The summed E-state index contributed by atoms with van der Waals surface area (Å²) in [5, 5.41) is 12.5. The summed E-state index contributed by atoms with van der Waals surface area (Å²) in [6.45, 7) is 2.72. The Bertz CT molecular complexity index is 719. The van der Waals surface area contributed by atoms with Crippen molar-refractivity contribution >= 4 is 17.5 Å². The van der Waals surface area contributed by atoms with Crippen molar-refractivity contribution < 1.29 is 14.3 Å².